The second-order valence-corrected chi connectivity index (χ2v) is 6.22. The van der Waals surface area contributed by atoms with Gasteiger partial charge in [-0.05, 0) is 25.6 Å². The van der Waals surface area contributed by atoms with Gasteiger partial charge in [-0.2, -0.15) is 26.3 Å². The van der Waals surface area contributed by atoms with Crippen molar-refractivity contribution in [1.29, 1.82) is 0 Å². The Morgan fingerprint density at radius 3 is 2.36 bits per heavy atom. The number of halogens is 6. The lowest BCUT2D eigenvalue weighted by atomic mass is 10.1. The van der Waals surface area contributed by atoms with Gasteiger partial charge in [0.15, 0.2) is 12.6 Å². The Labute approximate surface area is 159 Å². The SMILES string of the molecule is CN=C(NCCN(C)CC(F)(F)F)NCc1ccc(C)cc1OCC(F)(F)F. The first-order valence-corrected chi connectivity index (χ1v) is 8.38. The standard InChI is InChI=1S/C17H24F6N4O/c1-12-4-5-13(14(8-12)28-11-17(21,22)23)9-26-15(24-2)25-6-7-27(3)10-16(18,19)20/h4-5,8H,6-7,9-11H2,1-3H3,(H2,24,25,26). The molecule has 0 aromatic heterocycles. The number of rotatable bonds is 8. The van der Waals surface area contributed by atoms with E-state index in [0.717, 1.165) is 10.5 Å². The zero-order valence-electron chi connectivity index (χ0n) is 15.8. The van der Waals surface area contributed by atoms with Crippen LogP contribution in [-0.4, -0.2) is 63.5 Å². The number of nitrogens with one attached hydrogen (secondary N) is 2. The predicted octanol–water partition coefficient (Wildman–Crippen LogP) is 3.10. The molecule has 28 heavy (non-hydrogen) atoms. The van der Waals surface area contributed by atoms with Crippen LogP contribution >= 0.6 is 0 Å². The Hall–Kier alpha value is -2.17. The molecule has 0 amide bonds. The van der Waals surface area contributed by atoms with Crippen LogP contribution in [-0.2, 0) is 6.54 Å². The van der Waals surface area contributed by atoms with E-state index in [1.807, 2.05) is 0 Å². The first-order chi connectivity index (χ1) is 12.9. The van der Waals surface area contributed by atoms with Crippen LogP contribution in [0.2, 0.25) is 0 Å². The molecule has 0 spiro atoms. The van der Waals surface area contributed by atoms with Gasteiger partial charge < -0.3 is 15.4 Å². The van der Waals surface area contributed by atoms with Gasteiger partial charge in [0.2, 0.25) is 0 Å². The van der Waals surface area contributed by atoms with Crippen molar-refractivity contribution in [1.82, 2.24) is 15.5 Å². The van der Waals surface area contributed by atoms with Crippen LogP contribution in [0.3, 0.4) is 0 Å². The number of nitrogens with zero attached hydrogens (tertiary/aromatic N) is 2. The van der Waals surface area contributed by atoms with Gasteiger partial charge in [0, 0.05) is 32.2 Å². The van der Waals surface area contributed by atoms with Crippen LogP contribution in [0, 0.1) is 6.92 Å². The molecule has 11 heteroatoms. The Morgan fingerprint density at radius 1 is 1.11 bits per heavy atom. The Balaban J connectivity index is 2.57. The van der Waals surface area contributed by atoms with Crippen molar-refractivity contribution in [2.24, 2.45) is 4.99 Å². The highest BCUT2D eigenvalue weighted by Crippen LogP contribution is 2.23. The zero-order chi connectivity index (χ0) is 21.4. The number of hydrogen-bond donors (Lipinski definition) is 2. The quantitative estimate of drug-likeness (QED) is 0.390. The van der Waals surface area contributed by atoms with Crippen LogP contribution in [0.5, 0.6) is 5.75 Å². The largest absolute Gasteiger partial charge is 0.484 e. The van der Waals surface area contributed by atoms with Crippen molar-refractivity contribution in [3.8, 4) is 5.75 Å². The lowest BCUT2D eigenvalue weighted by Gasteiger charge is -2.20. The van der Waals surface area contributed by atoms with E-state index in [0.29, 0.717) is 11.5 Å². The fraction of sp³-hybridized carbons (Fsp3) is 0.588. The molecule has 0 unspecified atom stereocenters. The summed E-state index contributed by atoms with van der Waals surface area (Å²) in [7, 11) is 2.83. The number of guanidine groups is 1. The van der Waals surface area contributed by atoms with Crippen LogP contribution in [0.15, 0.2) is 23.2 Å². The van der Waals surface area contributed by atoms with Crippen LogP contribution in [0.1, 0.15) is 11.1 Å². The van der Waals surface area contributed by atoms with E-state index in [1.165, 1.54) is 20.2 Å². The second kappa shape index (κ2) is 10.4. The highest BCUT2D eigenvalue weighted by Gasteiger charge is 2.29. The van der Waals surface area contributed by atoms with Crippen LogP contribution in [0.25, 0.3) is 0 Å². The molecule has 0 radical (unpaired) electrons. The molecule has 1 aromatic rings. The van der Waals surface area contributed by atoms with Gasteiger partial charge in [-0.1, -0.05) is 12.1 Å². The van der Waals surface area contributed by atoms with Crippen molar-refractivity contribution in [3.63, 3.8) is 0 Å². The fourth-order valence-electron chi connectivity index (χ4n) is 2.25. The third-order valence-corrected chi connectivity index (χ3v) is 3.52. The average Bonchev–Trinajstić information content (AvgIpc) is 2.54. The van der Waals surface area contributed by atoms with E-state index < -0.39 is 25.5 Å². The van der Waals surface area contributed by atoms with Crippen molar-refractivity contribution in [3.05, 3.63) is 29.3 Å². The summed E-state index contributed by atoms with van der Waals surface area (Å²) in [6, 6.07) is 4.88. The topological polar surface area (TPSA) is 48.9 Å². The molecule has 160 valence electrons. The first-order valence-electron chi connectivity index (χ1n) is 8.38. The van der Waals surface area contributed by atoms with E-state index in [9.17, 15) is 26.3 Å². The molecule has 0 aliphatic carbocycles. The minimum absolute atomic E-state index is 0.102. The molecular formula is C17H24F6N4O. The van der Waals surface area contributed by atoms with Gasteiger partial charge in [0.05, 0.1) is 6.54 Å². The maximum atomic E-state index is 12.4. The van der Waals surface area contributed by atoms with Gasteiger partial charge in [-0.15, -0.1) is 0 Å². The minimum Gasteiger partial charge on any atom is -0.484 e. The average molecular weight is 414 g/mol. The molecule has 0 saturated carbocycles. The maximum absolute atomic E-state index is 12.4. The molecule has 2 N–H and O–H groups in total. The van der Waals surface area contributed by atoms with E-state index >= 15 is 0 Å². The number of ether oxygens (including phenoxy) is 1. The number of likely N-dealkylation sites (N-methyl/N-ethyl adjacent to an activating group) is 1. The molecule has 0 aliphatic rings. The number of aryl methyl sites for hydroxylation is 1. The van der Waals surface area contributed by atoms with Crippen molar-refractivity contribution < 1.29 is 31.1 Å². The molecule has 0 saturated heterocycles. The molecule has 0 heterocycles. The highest BCUT2D eigenvalue weighted by atomic mass is 19.4. The molecular weight excluding hydrogens is 390 g/mol. The monoisotopic (exact) mass is 414 g/mol. The Bertz CT molecular complexity index is 646. The van der Waals surface area contributed by atoms with Crippen molar-refractivity contribution in [2.75, 3.05) is 40.3 Å². The van der Waals surface area contributed by atoms with E-state index in [-0.39, 0.29) is 25.4 Å². The number of alkyl halides is 6. The van der Waals surface area contributed by atoms with Gasteiger partial charge in [0.25, 0.3) is 0 Å². The van der Waals surface area contributed by atoms with Gasteiger partial charge in [-0.25, -0.2) is 0 Å². The van der Waals surface area contributed by atoms with E-state index in [4.69, 9.17) is 4.74 Å². The molecule has 0 fully saturated rings. The summed E-state index contributed by atoms with van der Waals surface area (Å²) in [4.78, 5) is 5.05. The minimum atomic E-state index is -4.45. The molecule has 0 aliphatic heterocycles. The third-order valence-electron chi connectivity index (χ3n) is 3.52. The summed E-state index contributed by atoms with van der Waals surface area (Å²) < 4.78 is 79.0. The summed E-state index contributed by atoms with van der Waals surface area (Å²) >= 11 is 0. The second-order valence-electron chi connectivity index (χ2n) is 6.22. The summed E-state index contributed by atoms with van der Waals surface area (Å²) in [6.07, 6.45) is -8.72. The normalized spacial score (nSPS) is 13.0. The highest BCUT2D eigenvalue weighted by molar-refractivity contribution is 5.79. The summed E-state index contributed by atoms with van der Waals surface area (Å²) in [5.74, 6) is 0.410. The fourth-order valence-corrected chi connectivity index (χ4v) is 2.25. The number of benzene rings is 1. The number of hydrogen-bond acceptors (Lipinski definition) is 3. The van der Waals surface area contributed by atoms with Crippen molar-refractivity contribution in [2.45, 2.75) is 25.8 Å². The smallest absolute Gasteiger partial charge is 0.422 e. The van der Waals surface area contributed by atoms with Crippen molar-refractivity contribution >= 4 is 5.96 Å². The van der Waals surface area contributed by atoms with Gasteiger partial charge in [-0.3, -0.25) is 9.89 Å². The molecule has 5 nitrogen and oxygen atoms in total. The maximum Gasteiger partial charge on any atom is 0.422 e. The van der Waals surface area contributed by atoms with Crippen LogP contribution < -0.4 is 15.4 Å². The van der Waals surface area contributed by atoms with Crippen LogP contribution in [0.4, 0.5) is 26.3 Å². The van der Waals surface area contributed by atoms with Gasteiger partial charge in [0.1, 0.15) is 5.75 Å². The molecule has 1 aromatic carbocycles. The molecule has 1 rings (SSSR count). The van der Waals surface area contributed by atoms with E-state index in [1.54, 1.807) is 19.1 Å². The number of aliphatic imine (C=N–C) groups is 1. The lowest BCUT2D eigenvalue weighted by molar-refractivity contribution is -0.153. The lowest BCUT2D eigenvalue weighted by Crippen LogP contribution is -2.42. The first kappa shape index (κ1) is 23.9. The van der Waals surface area contributed by atoms with E-state index in [2.05, 4.69) is 15.6 Å². The molecule has 0 atom stereocenters. The predicted molar refractivity (Wildman–Crippen MR) is 94.5 cm³/mol. The Morgan fingerprint density at radius 2 is 1.79 bits per heavy atom. The van der Waals surface area contributed by atoms with Gasteiger partial charge >= 0.3 is 12.4 Å². The third kappa shape index (κ3) is 10.2. The summed E-state index contributed by atoms with van der Waals surface area (Å²) in [6.45, 7) is -0.227. The summed E-state index contributed by atoms with van der Waals surface area (Å²) in [5.41, 5.74) is 1.24. The zero-order valence-corrected chi connectivity index (χ0v) is 15.8. The Kier molecular flexibility index (Phi) is 8.86. The molecule has 0 bridgehead atoms. The summed E-state index contributed by atoms with van der Waals surface area (Å²) in [5, 5.41) is 5.75.